The number of hydrogen-bond donors (Lipinski definition) is 0. The summed E-state index contributed by atoms with van der Waals surface area (Å²) in [6.45, 7) is 5.96. The highest BCUT2D eigenvalue weighted by Gasteiger charge is 2.10. The van der Waals surface area contributed by atoms with Crippen molar-refractivity contribution in [3.05, 3.63) is 40.8 Å². The van der Waals surface area contributed by atoms with Crippen LogP contribution in [-0.4, -0.2) is 22.7 Å². The summed E-state index contributed by atoms with van der Waals surface area (Å²) < 4.78 is 1.71. The van der Waals surface area contributed by atoms with Crippen molar-refractivity contribution in [2.75, 3.05) is 18.1 Å². The zero-order valence-electron chi connectivity index (χ0n) is 11.0. The standard InChI is InChI=1S/C14H19N3O/c1-3-10-16(11-4-2)17-13(18)8-7-12-6-5-9-15-14(12)17/h5-9H,3-4,10-11H2,1-2H3. The fourth-order valence-corrected chi connectivity index (χ4v) is 2.15. The van der Waals surface area contributed by atoms with Crippen LogP contribution in [-0.2, 0) is 0 Å². The molecule has 0 radical (unpaired) electrons. The first-order valence-corrected chi connectivity index (χ1v) is 6.50. The number of hydrogen-bond acceptors (Lipinski definition) is 3. The first-order chi connectivity index (χ1) is 8.77. The Balaban J connectivity index is 2.59. The quantitative estimate of drug-likeness (QED) is 0.810. The van der Waals surface area contributed by atoms with Crippen LogP contribution in [0.5, 0.6) is 0 Å². The van der Waals surface area contributed by atoms with Crippen LogP contribution in [0.15, 0.2) is 35.3 Å². The van der Waals surface area contributed by atoms with E-state index in [0.29, 0.717) is 0 Å². The number of nitrogens with zero attached hydrogens (tertiary/aromatic N) is 3. The third kappa shape index (κ3) is 2.37. The Labute approximate surface area is 107 Å². The molecule has 0 saturated heterocycles. The minimum atomic E-state index is -0.0110. The molecule has 4 nitrogen and oxygen atoms in total. The maximum atomic E-state index is 12.1. The van der Waals surface area contributed by atoms with E-state index in [1.807, 2.05) is 18.2 Å². The van der Waals surface area contributed by atoms with E-state index < -0.39 is 0 Å². The lowest BCUT2D eigenvalue weighted by Gasteiger charge is -2.26. The van der Waals surface area contributed by atoms with Crippen molar-refractivity contribution < 1.29 is 0 Å². The van der Waals surface area contributed by atoms with Crippen LogP contribution in [0.4, 0.5) is 0 Å². The van der Waals surface area contributed by atoms with Crippen molar-refractivity contribution in [1.29, 1.82) is 0 Å². The summed E-state index contributed by atoms with van der Waals surface area (Å²) in [6.07, 6.45) is 3.75. The van der Waals surface area contributed by atoms with Crippen LogP contribution >= 0.6 is 0 Å². The Morgan fingerprint density at radius 2 is 1.89 bits per heavy atom. The van der Waals surface area contributed by atoms with Crippen LogP contribution < -0.4 is 10.6 Å². The highest BCUT2D eigenvalue weighted by Crippen LogP contribution is 2.08. The van der Waals surface area contributed by atoms with Gasteiger partial charge in [-0.25, -0.2) is 9.66 Å². The number of pyridine rings is 2. The van der Waals surface area contributed by atoms with Crippen molar-refractivity contribution in [3.8, 4) is 0 Å². The molecule has 0 fully saturated rings. The first-order valence-electron chi connectivity index (χ1n) is 6.50. The second-order valence-corrected chi connectivity index (χ2v) is 4.35. The molecule has 2 rings (SSSR count). The number of fused-ring (bicyclic) bond motifs is 1. The Morgan fingerprint density at radius 1 is 1.17 bits per heavy atom. The SMILES string of the molecule is CCCN(CCC)n1c(=O)ccc2cccnc21. The van der Waals surface area contributed by atoms with Gasteiger partial charge in [-0.2, -0.15) is 0 Å². The zero-order valence-corrected chi connectivity index (χ0v) is 11.0. The van der Waals surface area contributed by atoms with E-state index in [9.17, 15) is 4.79 Å². The van der Waals surface area contributed by atoms with Gasteiger partial charge in [-0.15, -0.1) is 0 Å². The second-order valence-electron chi connectivity index (χ2n) is 4.35. The Morgan fingerprint density at radius 3 is 2.56 bits per heavy atom. The molecule has 0 saturated carbocycles. The van der Waals surface area contributed by atoms with Crippen LogP contribution in [0.1, 0.15) is 26.7 Å². The molecule has 96 valence electrons. The summed E-state index contributed by atoms with van der Waals surface area (Å²) in [7, 11) is 0. The predicted molar refractivity (Wildman–Crippen MR) is 74.5 cm³/mol. The normalized spacial score (nSPS) is 10.8. The van der Waals surface area contributed by atoms with E-state index in [-0.39, 0.29) is 5.56 Å². The summed E-state index contributed by atoms with van der Waals surface area (Å²) in [5.74, 6) is 0. The molecule has 0 unspecified atom stereocenters. The largest absolute Gasteiger partial charge is 0.308 e. The van der Waals surface area contributed by atoms with Gasteiger partial charge in [0, 0.05) is 30.7 Å². The summed E-state index contributed by atoms with van der Waals surface area (Å²) in [5, 5.41) is 3.08. The molecular weight excluding hydrogens is 226 g/mol. The molecule has 0 aliphatic heterocycles. The molecule has 0 bridgehead atoms. The number of rotatable bonds is 5. The average molecular weight is 245 g/mol. The van der Waals surface area contributed by atoms with Crippen LogP contribution in [0.25, 0.3) is 11.0 Å². The topological polar surface area (TPSA) is 38.1 Å². The maximum absolute atomic E-state index is 12.1. The van der Waals surface area contributed by atoms with Gasteiger partial charge in [0.25, 0.3) is 5.56 Å². The molecule has 0 spiro atoms. The highest BCUT2D eigenvalue weighted by atomic mass is 16.1. The monoisotopic (exact) mass is 245 g/mol. The molecule has 0 N–H and O–H groups in total. The molecule has 2 heterocycles. The summed E-state index contributed by atoms with van der Waals surface area (Å²) in [5.41, 5.74) is 0.731. The molecule has 18 heavy (non-hydrogen) atoms. The van der Waals surface area contributed by atoms with Gasteiger partial charge in [0.05, 0.1) is 0 Å². The van der Waals surface area contributed by atoms with Crippen LogP contribution in [0.3, 0.4) is 0 Å². The number of aromatic nitrogens is 2. The molecule has 0 aliphatic carbocycles. The van der Waals surface area contributed by atoms with Gasteiger partial charge in [0.2, 0.25) is 0 Å². The van der Waals surface area contributed by atoms with Gasteiger partial charge in [-0.05, 0) is 31.0 Å². The molecule has 0 aliphatic rings. The minimum absolute atomic E-state index is 0.0110. The lowest BCUT2D eigenvalue weighted by Crippen LogP contribution is -2.43. The summed E-state index contributed by atoms with van der Waals surface area (Å²) in [4.78, 5) is 16.5. The molecule has 0 amide bonds. The fraction of sp³-hybridized carbons (Fsp3) is 0.429. The molecule has 2 aromatic rings. The van der Waals surface area contributed by atoms with E-state index in [2.05, 4.69) is 23.8 Å². The average Bonchev–Trinajstić information content (AvgIpc) is 2.38. The van der Waals surface area contributed by atoms with Crippen molar-refractivity contribution in [3.63, 3.8) is 0 Å². The first kappa shape index (κ1) is 12.6. The Hall–Kier alpha value is -1.84. The smallest absolute Gasteiger partial charge is 0.270 e. The summed E-state index contributed by atoms with van der Waals surface area (Å²) in [6, 6.07) is 7.31. The van der Waals surface area contributed by atoms with E-state index in [1.54, 1.807) is 16.9 Å². The Kier molecular flexibility index (Phi) is 3.97. The van der Waals surface area contributed by atoms with E-state index in [4.69, 9.17) is 0 Å². The van der Waals surface area contributed by atoms with Crippen molar-refractivity contribution in [2.24, 2.45) is 0 Å². The third-order valence-electron chi connectivity index (χ3n) is 2.88. The van der Waals surface area contributed by atoms with Gasteiger partial charge < -0.3 is 5.01 Å². The molecule has 0 atom stereocenters. The zero-order chi connectivity index (χ0) is 13.0. The summed E-state index contributed by atoms with van der Waals surface area (Å²) >= 11 is 0. The Bertz CT molecular complexity index is 571. The van der Waals surface area contributed by atoms with Crippen LogP contribution in [0, 0.1) is 0 Å². The molecule has 2 aromatic heterocycles. The second kappa shape index (κ2) is 5.67. The lowest BCUT2D eigenvalue weighted by molar-refractivity contribution is 0.566. The van der Waals surface area contributed by atoms with Gasteiger partial charge in [0.1, 0.15) is 0 Å². The maximum Gasteiger partial charge on any atom is 0.270 e. The van der Waals surface area contributed by atoms with Crippen LogP contribution in [0.2, 0.25) is 0 Å². The highest BCUT2D eigenvalue weighted by molar-refractivity contribution is 5.74. The van der Waals surface area contributed by atoms with Gasteiger partial charge in [-0.1, -0.05) is 13.8 Å². The van der Waals surface area contributed by atoms with Crippen molar-refractivity contribution in [2.45, 2.75) is 26.7 Å². The van der Waals surface area contributed by atoms with E-state index >= 15 is 0 Å². The van der Waals surface area contributed by atoms with E-state index in [1.165, 1.54) is 0 Å². The van der Waals surface area contributed by atoms with Crippen molar-refractivity contribution >= 4 is 11.0 Å². The molecular formula is C14H19N3O. The minimum Gasteiger partial charge on any atom is -0.308 e. The van der Waals surface area contributed by atoms with Gasteiger partial charge in [-0.3, -0.25) is 4.79 Å². The molecule has 4 heteroatoms. The van der Waals surface area contributed by atoms with E-state index in [0.717, 1.165) is 37.0 Å². The van der Waals surface area contributed by atoms with Gasteiger partial charge >= 0.3 is 0 Å². The third-order valence-corrected chi connectivity index (χ3v) is 2.88. The molecule has 0 aromatic carbocycles. The van der Waals surface area contributed by atoms with Gasteiger partial charge in [0.15, 0.2) is 5.65 Å². The predicted octanol–water partition coefficient (Wildman–Crippen LogP) is 2.15. The fourth-order valence-electron chi connectivity index (χ4n) is 2.15. The lowest BCUT2D eigenvalue weighted by atomic mass is 10.3. The van der Waals surface area contributed by atoms with Crippen molar-refractivity contribution in [1.82, 2.24) is 9.66 Å².